The molecule has 2 rings (SSSR count). The van der Waals surface area contributed by atoms with Crippen LogP contribution >= 0.6 is 11.6 Å². The van der Waals surface area contributed by atoms with E-state index in [0.717, 1.165) is 12.8 Å². The number of benzene rings is 2. The number of hydrogen-bond donors (Lipinski definition) is 1. The molecule has 1 unspecified atom stereocenters. The zero-order chi connectivity index (χ0) is 15.1. The summed E-state index contributed by atoms with van der Waals surface area (Å²) in [6, 6.07) is 14.1. The van der Waals surface area contributed by atoms with Crippen molar-refractivity contribution < 1.29 is 9.13 Å². The average molecular weight is 308 g/mol. The van der Waals surface area contributed by atoms with Crippen LogP contribution in [0.4, 0.5) is 4.39 Å². The fourth-order valence-electron chi connectivity index (χ4n) is 2.28. The Morgan fingerprint density at radius 3 is 2.52 bits per heavy atom. The second-order valence-electron chi connectivity index (χ2n) is 4.88. The van der Waals surface area contributed by atoms with Crippen molar-refractivity contribution in [2.24, 2.45) is 5.73 Å². The van der Waals surface area contributed by atoms with E-state index in [1.807, 2.05) is 24.3 Å². The van der Waals surface area contributed by atoms with Gasteiger partial charge in [0.1, 0.15) is 11.6 Å². The Hall–Kier alpha value is -1.58. The van der Waals surface area contributed by atoms with Crippen molar-refractivity contribution in [2.45, 2.75) is 18.8 Å². The quantitative estimate of drug-likeness (QED) is 0.770. The van der Waals surface area contributed by atoms with Gasteiger partial charge in [-0.3, -0.25) is 0 Å². The minimum Gasteiger partial charge on any atom is -0.492 e. The minimum atomic E-state index is -0.194. The molecular formula is C17H19ClFNO. The van der Waals surface area contributed by atoms with E-state index in [2.05, 4.69) is 0 Å². The molecule has 2 aromatic rings. The van der Waals surface area contributed by atoms with Gasteiger partial charge in [0.2, 0.25) is 0 Å². The average Bonchev–Trinajstić information content (AvgIpc) is 2.50. The third-order valence-electron chi connectivity index (χ3n) is 3.42. The van der Waals surface area contributed by atoms with Crippen LogP contribution in [0.5, 0.6) is 5.75 Å². The molecule has 2 aromatic carbocycles. The Morgan fingerprint density at radius 1 is 1.10 bits per heavy atom. The van der Waals surface area contributed by atoms with Crippen molar-refractivity contribution in [2.75, 3.05) is 13.2 Å². The van der Waals surface area contributed by atoms with E-state index in [0.29, 0.717) is 29.5 Å². The van der Waals surface area contributed by atoms with Gasteiger partial charge in [-0.05, 0) is 49.1 Å². The Balaban J connectivity index is 1.85. The molecule has 0 aliphatic carbocycles. The van der Waals surface area contributed by atoms with Crippen molar-refractivity contribution >= 4 is 11.6 Å². The molecule has 4 heteroatoms. The number of nitrogens with two attached hydrogens (primary N) is 1. The Bertz CT molecular complexity index is 576. The van der Waals surface area contributed by atoms with Gasteiger partial charge < -0.3 is 10.5 Å². The van der Waals surface area contributed by atoms with Gasteiger partial charge in [0, 0.05) is 0 Å². The highest BCUT2D eigenvalue weighted by atomic mass is 35.5. The van der Waals surface area contributed by atoms with Crippen molar-refractivity contribution in [3.05, 3.63) is 64.9 Å². The van der Waals surface area contributed by atoms with E-state index in [1.165, 1.54) is 6.07 Å². The molecule has 2 nitrogen and oxygen atoms in total. The van der Waals surface area contributed by atoms with Gasteiger partial charge in [-0.2, -0.15) is 0 Å². The van der Waals surface area contributed by atoms with Gasteiger partial charge >= 0.3 is 0 Å². The number of hydrogen-bond acceptors (Lipinski definition) is 2. The summed E-state index contributed by atoms with van der Waals surface area (Å²) in [5, 5.41) is 0.599. The highest BCUT2D eigenvalue weighted by Gasteiger charge is 2.13. The van der Waals surface area contributed by atoms with Crippen LogP contribution in [0.1, 0.15) is 24.3 Å². The zero-order valence-corrected chi connectivity index (χ0v) is 12.5. The molecule has 0 fully saturated rings. The van der Waals surface area contributed by atoms with Crippen LogP contribution in [-0.2, 0) is 0 Å². The maximum atomic E-state index is 13.7. The second kappa shape index (κ2) is 8.01. The van der Waals surface area contributed by atoms with Crippen LogP contribution in [0.2, 0.25) is 5.02 Å². The topological polar surface area (TPSA) is 35.2 Å². The summed E-state index contributed by atoms with van der Waals surface area (Å²) in [5.74, 6) is 0.496. The van der Waals surface area contributed by atoms with Crippen LogP contribution in [-0.4, -0.2) is 13.2 Å². The summed E-state index contributed by atoms with van der Waals surface area (Å²) >= 11 is 6.02. The first-order valence-corrected chi connectivity index (χ1v) is 7.42. The largest absolute Gasteiger partial charge is 0.492 e. The van der Waals surface area contributed by atoms with Crippen molar-refractivity contribution in [1.29, 1.82) is 0 Å². The van der Waals surface area contributed by atoms with E-state index in [4.69, 9.17) is 22.1 Å². The van der Waals surface area contributed by atoms with Crippen LogP contribution in [0.25, 0.3) is 0 Å². The predicted molar refractivity (Wildman–Crippen MR) is 84.4 cm³/mol. The van der Waals surface area contributed by atoms with Gasteiger partial charge in [-0.15, -0.1) is 0 Å². The van der Waals surface area contributed by atoms with Crippen molar-refractivity contribution in [3.63, 3.8) is 0 Å². The highest BCUT2D eigenvalue weighted by Crippen LogP contribution is 2.25. The Morgan fingerprint density at radius 2 is 1.81 bits per heavy atom. The lowest BCUT2D eigenvalue weighted by Crippen LogP contribution is -2.15. The molecule has 0 aromatic heterocycles. The molecule has 0 amide bonds. The van der Waals surface area contributed by atoms with Gasteiger partial charge in [0.15, 0.2) is 0 Å². The third-order valence-corrected chi connectivity index (χ3v) is 3.73. The number of para-hydroxylation sites is 1. The van der Waals surface area contributed by atoms with E-state index < -0.39 is 0 Å². The highest BCUT2D eigenvalue weighted by molar-refractivity contribution is 6.32. The molecule has 112 valence electrons. The van der Waals surface area contributed by atoms with Crippen molar-refractivity contribution in [1.82, 2.24) is 0 Å². The van der Waals surface area contributed by atoms with Crippen molar-refractivity contribution in [3.8, 4) is 5.75 Å². The van der Waals surface area contributed by atoms with E-state index in [1.54, 1.807) is 18.2 Å². The molecule has 0 aliphatic rings. The van der Waals surface area contributed by atoms with Crippen LogP contribution in [0.15, 0.2) is 48.5 Å². The maximum absolute atomic E-state index is 13.7. The van der Waals surface area contributed by atoms with Crippen LogP contribution in [0.3, 0.4) is 0 Å². The number of halogens is 2. The van der Waals surface area contributed by atoms with Gasteiger partial charge in [0.05, 0.1) is 11.6 Å². The molecular weight excluding hydrogens is 289 g/mol. The first-order valence-electron chi connectivity index (χ1n) is 7.04. The standard InChI is InChI=1S/C17H19ClFNO/c18-15-8-2-4-10-17(15)21-11-5-6-13(12-20)14-7-1-3-9-16(14)19/h1-4,7-10,13H,5-6,11-12,20H2. The fraction of sp³-hybridized carbons (Fsp3) is 0.294. The molecule has 0 heterocycles. The fourth-order valence-corrected chi connectivity index (χ4v) is 2.47. The maximum Gasteiger partial charge on any atom is 0.137 e. The first-order chi connectivity index (χ1) is 10.2. The second-order valence-corrected chi connectivity index (χ2v) is 5.28. The number of rotatable bonds is 7. The first kappa shape index (κ1) is 15.8. The van der Waals surface area contributed by atoms with E-state index in [9.17, 15) is 4.39 Å². The molecule has 0 radical (unpaired) electrons. The monoisotopic (exact) mass is 307 g/mol. The minimum absolute atomic E-state index is 0.0149. The van der Waals surface area contributed by atoms with Crippen LogP contribution < -0.4 is 10.5 Å². The molecule has 1 atom stereocenters. The molecule has 0 aliphatic heterocycles. The predicted octanol–water partition coefficient (Wildman–Crippen LogP) is 4.38. The van der Waals surface area contributed by atoms with E-state index in [-0.39, 0.29) is 11.7 Å². The molecule has 0 spiro atoms. The summed E-state index contributed by atoms with van der Waals surface area (Å²) in [6.07, 6.45) is 1.57. The Labute approximate surface area is 129 Å². The summed E-state index contributed by atoms with van der Waals surface area (Å²) in [4.78, 5) is 0. The molecule has 0 saturated carbocycles. The molecule has 0 saturated heterocycles. The normalized spacial score (nSPS) is 12.1. The molecule has 0 bridgehead atoms. The van der Waals surface area contributed by atoms with Crippen LogP contribution in [0, 0.1) is 5.82 Å². The lowest BCUT2D eigenvalue weighted by atomic mass is 9.94. The SMILES string of the molecule is NCC(CCCOc1ccccc1Cl)c1ccccc1F. The summed E-state index contributed by atoms with van der Waals surface area (Å²) in [5.41, 5.74) is 6.44. The third kappa shape index (κ3) is 4.45. The van der Waals surface area contributed by atoms with Gasteiger partial charge in [0.25, 0.3) is 0 Å². The van der Waals surface area contributed by atoms with Gasteiger partial charge in [-0.25, -0.2) is 4.39 Å². The number of ether oxygens (including phenoxy) is 1. The lowest BCUT2D eigenvalue weighted by molar-refractivity contribution is 0.301. The zero-order valence-electron chi connectivity index (χ0n) is 11.8. The Kier molecular flexibility index (Phi) is 6.03. The summed E-state index contributed by atoms with van der Waals surface area (Å²) in [7, 11) is 0. The molecule has 2 N–H and O–H groups in total. The van der Waals surface area contributed by atoms with E-state index >= 15 is 0 Å². The summed E-state index contributed by atoms with van der Waals surface area (Å²) in [6.45, 7) is 0.960. The smallest absolute Gasteiger partial charge is 0.137 e. The molecule has 21 heavy (non-hydrogen) atoms. The lowest BCUT2D eigenvalue weighted by Gasteiger charge is -2.16. The summed E-state index contributed by atoms with van der Waals surface area (Å²) < 4.78 is 19.4. The van der Waals surface area contributed by atoms with Gasteiger partial charge in [-0.1, -0.05) is 41.9 Å².